The molecule has 1 atom stereocenters. The summed E-state index contributed by atoms with van der Waals surface area (Å²) >= 11 is 0. The minimum atomic E-state index is 0. The molecule has 1 fully saturated rings. The summed E-state index contributed by atoms with van der Waals surface area (Å²) in [6.07, 6.45) is 2.01. The molecule has 3 rings (SSSR count). The second kappa shape index (κ2) is 10.1. The quantitative estimate of drug-likeness (QED) is 0.406. The Balaban J connectivity index is 0.00000243. The first-order valence-corrected chi connectivity index (χ1v) is 9.14. The average molecular weight is 472 g/mol. The number of anilines is 1. The van der Waals surface area contributed by atoms with Crippen LogP contribution >= 0.6 is 24.0 Å². The van der Waals surface area contributed by atoms with E-state index in [0.29, 0.717) is 5.92 Å². The van der Waals surface area contributed by atoms with Gasteiger partial charge in [-0.15, -0.1) is 24.0 Å². The number of guanidine groups is 1. The molecule has 0 radical (unpaired) electrons. The maximum absolute atomic E-state index is 12.6. The minimum Gasteiger partial charge on any atom is -0.381 e. The van der Waals surface area contributed by atoms with Crippen LogP contribution in [0.1, 0.15) is 18.9 Å². The molecule has 1 amide bonds. The number of nitrogens with one attached hydrogen (secondary N) is 1. The van der Waals surface area contributed by atoms with Gasteiger partial charge in [-0.05, 0) is 31.4 Å². The molecule has 1 aromatic carbocycles. The summed E-state index contributed by atoms with van der Waals surface area (Å²) in [5.74, 6) is 1.38. The SMILES string of the molecule is CCNC(=NCC(=O)N1CCc2ccccc21)N(C)CC1CCOC1.I. The zero-order valence-corrected chi connectivity index (χ0v) is 17.9. The van der Waals surface area contributed by atoms with Gasteiger partial charge in [-0.25, -0.2) is 4.99 Å². The van der Waals surface area contributed by atoms with E-state index in [-0.39, 0.29) is 36.4 Å². The Morgan fingerprint density at radius 3 is 2.96 bits per heavy atom. The number of nitrogens with zero attached hydrogens (tertiary/aromatic N) is 3. The normalized spacial score (nSPS) is 19.1. The first-order chi connectivity index (χ1) is 12.2. The summed E-state index contributed by atoms with van der Waals surface area (Å²) in [6.45, 7) is 6.30. The number of amides is 1. The van der Waals surface area contributed by atoms with Gasteiger partial charge in [-0.1, -0.05) is 18.2 Å². The summed E-state index contributed by atoms with van der Waals surface area (Å²) in [4.78, 5) is 21.2. The van der Waals surface area contributed by atoms with E-state index in [1.807, 2.05) is 37.1 Å². The van der Waals surface area contributed by atoms with Crippen molar-refractivity contribution in [2.75, 3.05) is 51.3 Å². The molecule has 2 aliphatic heterocycles. The summed E-state index contributed by atoms with van der Waals surface area (Å²) in [6, 6.07) is 8.11. The summed E-state index contributed by atoms with van der Waals surface area (Å²) < 4.78 is 5.45. The number of carbonyl (C=O) groups excluding carboxylic acids is 1. The summed E-state index contributed by atoms with van der Waals surface area (Å²) in [5.41, 5.74) is 2.27. The lowest BCUT2D eigenvalue weighted by Crippen LogP contribution is -2.42. The monoisotopic (exact) mass is 472 g/mol. The fraction of sp³-hybridized carbons (Fsp3) is 0.579. The highest BCUT2D eigenvalue weighted by atomic mass is 127. The Morgan fingerprint density at radius 1 is 1.42 bits per heavy atom. The van der Waals surface area contributed by atoms with Gasteiger partial charge in [0.1, 0.15) is 6.54 Å². The van der Waals surface area contributed by atoms with Gasteiger partial charge in [0.15, 0.2) is 5.96 Å². The van der Waals surface area contributed by atoms with Crippen LogP contribution in [-0.4, -0.2) is 63.2 Å². The average Bonchev–Trinajstić information content (AvgIpc) is 3.27. The molecule has 2 heterocycles. The van der Waals surface area contributed by atoms with Crippen LogP contribution in [0.25, 0.3) is 0 Å². The smallest absolute Gasteiger partial charge is 0.248 e. The maximum Gasteiger partial charge on any atom is 0.248 e. The minimum absolute atomic E-state index is 0. The number of hydrogen-bond donors (Lipinski definition) is 1. The lowest BCUT2D eigenvalue weighted by molar-refractivity contribution is -0.117. The molecular formula is C19H29IN4O2. The van der Waals surface area contributed by atoms with E-state index in [2.05, 4.69) is 21.3 Å². The highest BCUT2D eigenvalue weighted by molar-refractivity contribution is 14.0. The van der Waals surface area contributed by atoms with Crippen LogP contribution in [0.15, 0.2) is 29.3 Å². The van der Waals surface area contributed by atoms with E-state index >= 15 is 0 Å². The van der Waals surface area contributed by atoms with Crippen LogP contribution in [0, 0.1) is 5.92 Å². The van der Waals surface area contributed by atoms with Crippen molar-refractivity contribution in [2.24, 2.45) is 10.9 Å². The predicted molar refractivity (Wildman–Crippen MR) is 115 cm³/mol. The van der Waals surface area contributed by atoms with Crippen molar-refractivity contribution in [3.8, 4) is 0 Å². The van der Waals surface area contributed by atoms with Crippen molar-refractivity contribution in [2.45, 2.75) is 19.8 Å². The summed E-state index contributed by atoms with van der Waals surface area (Å²) in [5, 5.41) is 3.29. The summed E-state index contributed by atoms with van der Waals surface area (Å²) in [7, 11) is 2.02. The van der Waals surface area contributed by atoms with Crippen molar-refractivity contribution in [3.05, 3.63) is 29.8 Å². The van der Waals surface area contributed by atoms with Crippen LogP contribution in [0.2, 0.25) is 0 Å². The Hall–Kier alpha value is -1.35. The van der Waals surface area contributed by atoms with E-state index in [4.69, 9.17) is 4.74 Å². The van der Waals surface area contributed by atoms with Gasteiger partial charge < -0.3 is 19.9 Å². The number of fused-ring (bicyclic) bond motifs is 1. The number of carbonyl (C=O) groups is 1. The lowest BCUT2D eigenvalue weighted by atomic mass is 10.1. The zero-order chi connectivity index (χ0) is 17.6. The molecule has 6 nitrogen and oxygen atoms in total. The number of aliphatic imine (C=N–C) groups is 1. The first-order valence-electron chi connectivity index (χ1n) is 9.14. The molecule has 1 saturated heterocycles. The van der Waals surface area contributed by atoms with E-state index < -0.39 is 0 Å². The van der Waals surface area contributed by atoms with Crippen LogP contribution in [0.5, 0.6) is 0 Å². The molecular weight excluding hydrogens is 443 g/mol. The number of benzene rings is 1. The molecule has 144 valence electrons. The van der Waals surface area contributed by atoms with Crippen LogP contribution in [0.4, 0.5) is 5.69 Å². The predicted octanol–water partition coefficient (Wildman–Crippen LogP) is 2.13. The standard InChI is InChI=1S/C19H28N4O2.HI/c1-3-20-19(22(2)13-15-9-11-25-14-15)21-12-18(24)23-10-8-16-6-4-5-7-17(16)23;/h4-7,15H,3,8-14H2,1-2H3,(H,20,21);1H. The molecule has 26 heavy (non-hydrogen) atoms. The topological polar surface area (TPSA) is 57.2 Å². The molecule has 2 aliphatic rings. The van der Waals surface area contributed by atoms with Gasteiger partial charge in [0.2, 0.25) is 5.91 Å². The van der Waals surface area contributed by atoms with Gasteiger partial charge in [-0.2, -0.15) is 0 Å². The number of hydrogen-bond acceptors (Lipinski definition) is 3. The number of para-hydroxylation sites is 1. The fourth-order valence-electron chi connectivity index (χ4n) is 3.50. The van der Waals surface area contributed by atoms with Crippen LogP contribution < -0.4 is 10.2 Å². The van der Waals surface area contributed by atoms with Gasteiger partial charge >= 0.3 is 0 Å². The zero-order valence-electron chi connectivity index (χ0n) is 15.6. The largest absolute Gasteiger partial charge is 0.381 e. The van der Waals surface area contributed by atoms with Crippen molar-refractivity contribution < 1.29 is 9.53 Å². The van der Waals surface area contributed by atoms with Gasteiger partial charge in [0.25, 0.3) is 0 Å². The third-order valence-electron chi connectivity index (χ3n) is 4.80. The Bertz CT molecular complexity index is 632. The van der Waals surface area contributed by atoms with Crippen molar-refractivity contribution in [1.29, 1.82) is 0 Å². The third kappa shape index (κ3) is 5.09. The molecule has 7 heteroatoms. The van der Waals surface area contributed by atoms with Gasteiger partial charge in [0, 0.05) is 44.9 Å². The number of halogens is 1. The van der Waals surface area contributed by atoms with E-state index in [9.17, 15) is 4.79 Å². The molecule has 0 aromatic heterocycles. The fourth-order valence-corrected chi connectivity index (χ4v) is 3.50. The van der Waals surface area contributed by atoms with Gasteiger partial charge in [0.05, 0.1) is 6.61 Å². The molecule has 1 N–H and O–H groups in total. The third-order valence-corrected chi connectivity index (χ3v) is 4.80. The van der Waals surface area contributed by atoms with E-state index in [1.54, 1.807) is 0 Å². The molecule has 0 saturated carbocycles. The molecule has 1 unspecified atom stereocenters. The molecule has 0 spiro atoms. The Morgan fingerprint density at radius 2 is 2.23 bits per heavy atom. The highest BCUT2D eigenvalue weighted by Gasteiger charge is 2.24. The molecule has 1 aromatic rings. The van der Waals surface area contributed by atoms with Crippen molar-refractivity contribution >= 4 is 41.5 Å². The first kappa shape index (κ1) is 21.0. The van der Waals surface area contributed by atoms with Gasteiger partial charge in [-0.3, -0.25) is 4.79 Å². The number of rotatable bonds is 5. The molecule has 0 aliphatic carbocycles. The van der Waals surface area contributed by atoms with Crippen molar-refractivity contribution in [3.63, 3.8) is 0 Å². The van der Waals surface area contributed by atoms with Crippen LogP contribution in [-0.2, 0) is 16.0 Å². The maximum atomic E-state index is 12.6. The Kier molecular flexibility index (Phi) is 8.15. The highest BCUT2D eigenvalue weighted by Crippen LogP contribution is 2.27. The van der Waals surface area contributed by atoms with Crippen molar-refractivity contribution in [1.82, 2.24) is 10.2 Å². The molecule has 0 bridgehead atoms. The Labute approximate surface area is 173 Å². The second-order valence-electron chi connectivity index (χ2n) is 6.70. The number of ether oxygens (including phenoxy) is 1. The van der Waals surface area contributed by atoms with Crippen LogP contribution in [0.3, 0.4) is 0 Å². The second-order valence-corrected chi connectivity index (χ2v) is 6.70. The lowest BCUT2D eigenvalue weighted by Gasteiger charge is -2.25. The van der Waals surface area contributed by atoms with E-state index in [0.717, 1.165) is 57.3 Å². The van der Waals surface area contributed by atoms with E-state index in [1.165, 1.54) is 5.56 Å².